The maximum atomic E-state index is 0. The van der Waals surface area contributed by atoms with Gasteiger partial charge in [-0.3, -0.25) is 0 Å². The van der Waals surface area contributed by atoms with E-state index in [2.05, 4.69) is 0 Å². The Kier molecular flexibility index (Phi) is 179. The number of hydrogen-bond acceptors (Lipinski definition) is 0. The van der Waals surface area contributed by atoms with Crippen LogP contribution in [0.3, 0.4) is 0 Å². The fourth-order valence-corrected chi connectivity index (χ4v) is 0. The molecule has 0 aliphatic heterocycles. The summed E-state index contributed by atoms with van der Waals surface area (Å²) in [6.07, 6.45) is 0. The van der Waals surface area contributed by atoms with E-state index in [1.807, 2.05) is 0 Å². The molecule has 0 aliphatic rings. The van der Waals surface area contributed by atoms with Gasteiger partial charge in [-0.15, -0.1) is 0 Å². The summed E-state index contributed by atoms with van der Waals surface area (Å²) >= 11 is 0. The summed E-state index contributed by atoms with van der Waals surface area (Å²) in [6.45, 7) is 0. The zero-order valence-electron chi connectivity index (χ0n) is 3.13. The molecule has 0 atom stereocenters. The van der Waals surface area contributed by atoms with Crippen molar-refractivity contribution in [3.05, 3.63) is 0 Å². The molecule has 0 aromatic carbocycles. The first-order valence-corrected chi connectivity index (χ1v) is 0. The summed E-state index contributed by atoms with van der Waals surface area (Å²) in [4.78, 5) is 0. The minimum absolute atomic E-state index is 0. The Labute approximate surface area is 115 Å². The molecule has 35 valence electrons. The molecule has 0 unspecified atom stereocenters. The molecule has 0 aromatic heterocycles. The molecule has 0 heterocycles. The molecule has 5 heteroatoms. The van der Waals surface area contributed by atoms with E-state index in [4.69, 9.17) is 0 Å². The van der Waals surface area contributed by atoms with Crippen LogP contribution in [-0.2, 0) is 22.4 Å². The molecule has 0 spiro atoms. The van der Waals surface area contributed by atoms with Gasteiger partial charge in [0.25, 0.3) is 0 Å². The summed E-state index contributed by atoms with van der Waals surface area (Å²) in [6, 6.07) is 0. The molecule has 0 saturated heterocycles. The van der Waals surface area contributed by atoms with Crippen LogP contribution in [0.1, 0.15) is 0 Å². The van der Waals surface area contributed by atoms with Gasteiger partial charge in [-0.2, -0.15) is 0 Å². The van der Waals surface area contributed by atoms with Gasteiger partial charge >= 0.3 is 95.6 Å². The molecule has 0 nitrogen and oxygen atoms in total. The van der Waals surface area contributed by atoms with E-state index in [0.29, 0.717) is 0 Å². The van der Waals surface area contributed by atoms with E-state index in [1.54, 1.807) is 0 Å². The van der Waals surface area contributed by atoms with Crippen LogP contribution in [0.2, 0.25) is 0 Å². The molecule has 9 radical (unpaired) electrons. The first-order chi connectivity index (χ1) is 0. The van der Waals surface area contributed by atoms with E-state index in [1.165, 1.54) is 0 Å². The summed E-state index contributed by atoms with van der Waals surface area (Å²) in [7, 11) is 0. The Morgan fingerprint density at radius 2 is 0.400 bits per heavy atom. The van der Waals surface area contributed by atoms with Gasteiger partial charge in [-0.05, 0) is 0 Å². The Balaban J connectivity index is 0. The van der Waals surface area contributed by atoms with Crippen molar-refractivity contribution in [2.45, 2.75) is 0 Å². The van der Waals surface area contributed by atoms with E-state index >= 15 is 0 Å². The third-order valence-corrected chi connectivity index (χ3v) is 0. The van der Waals surface area contributed by atoms with Crippen LogP contribution in [-0.4, -0.2) is 95.6 Å². The Morgan fingerprint density at radius 3 is 0.400 bits per heavy atom. The van der Waals surface area contributed by atoms with Gasteiger partial charge in [0.1, 0.15) is 0 Å². The third kappa shape index (κ3) is 18.1. The number of rotatable bonds is 0. The van der Waals surface area contributed by atoms with E-state index < -0.39 is 0 Å². The molecule has 0 amide bonds. The third-order valence-electron chi connectivity index (χ3n) is 0. The standard InChI is InChI=1S/Au.4Sn.8H. The summed E-state index contributed by atoms with van der Waals surface area (Å²) in [5.41, 5.74) is 0. The van der Waals surface area contributed by atoms with Crippen LogP contribution in [0.4, 0.5) is 0 Å². The van der Waals surface area contributed by atoms with Crippen LogP contribution in [0.25, 0.3) is 0 Å². The zero-order chi connectivity index (χ0) is 0. The Hall–Kier alpha value is 3.94. The second-order valence-electron chi connectivity index (χ2n) is 0. The molecule has 0 rings (SSSR count). The van der Waals surface area contributed by atoms with Crippen molar-refractivity contribution in [2.24, 2.45) is 0 Å². The minimum atomic E-state index is 0. The first-order valence-electron chi connectivity index (χ1n) is 0. The Bertz CT molecular complexity index is 3.61. The van der Waals surface area contributed by atoms with Crippen molar-refractivity contribution in [1.29, 1.82) is 0 Å². The quantitative estimate of drug-likeness (QED) is 0.232. The average Bonchev–Trinajstić information content (AvgIpc) is 0. The van der Waals surface area contributed by atoms with Gasteiger partial charge < -0.3 is 0 Å². The van der Waals surface area contributed by atoms with Crippen LogP contribution < -0.4 is 0 Å². The van der Waals surface area contributed by atoms with Crippen LogP contribution in [0.5, 0.6) is 0 Å². The van der Waals surface area contributed by atoms with Crippen molar-refractivity contribution in [3.8, 4) is 0 Å². The second kappa shape index (κ2) is 24.6. The molecule has 0 aromatic rings. The fourth-order valence-electron chi connectivity index (χ4n) is 0. The van der Waals surface area contributed by atoms with Crippen LogP contribution in [0, 0.1) is 0 Å². The molecule has 0 fully saturated rings. The van der Waals surface area contributed by atoms with Crippen molar-refractivity contribution in [1.82, 2.24) is 0 Å². The predicted molar refractivity (Wildman–Crippen MR) is 34.2 cm³/mol. The summed E-state index contributed by atoms with van der Waals surface area (Å²) < 4.78 is 0. The molecule has 0 saturated carbocycles. The molecular weight excluding hydrogens is 672 g/mol. The molecule has 5 heavy (non-hydrogen) atoms. The summed E-state index contributed by atoms with van der Waals surface area (Å²) in [5, 5.41) is 0. The van der Waals surface area contributed by atoms with E-state index in [9.17, 15) is 0 Å². The zero-order valence-corrected chi connectivity index (χ0v) is 21.4. The maximum absolute atomic E-state index is 0. The van der Waals surface area contributed by atoms with Gasteiger partial charge in [0.15, 0.2) is 0 Å². The van der Waals surface area contributed by atoms with Gasteiger partial charge in [0, 0.05) is 22.4 Å². The molecular formula is H8AuSn4. The summed E-state index contributed by atoms with van der Waals surface area (Å²) in [5.74, 6) is 0. The topological polar surface area (TPSA) is 0 Å². The van der Waals surface area contributed by atoms with Crippen molar-refractivity contribution >= 4 is 95.6 Å². The van der Waals surface area contributed by atoms with Crippen LogP contribution in [0.15, 0.2) is 0 Å². The number of hydrogen-bond donors (Lipinski definition) is 0. The van der Waals surface area contributed by atoms with Crippen LogP contribution >= 0.6 is 0 Å². The van der Waals surface area contributed by atoms with E-state index in [-0.39, 0.29) is 118 Å². The SMILES string of the molecule is [Au].[SnH2].[SnH2].[SnH2].[SnH2]. The van der Waals surface area contributed by atoms with Gasteiger partial charge in [0.2, 0.25) is 0 Å². The molecule has 0 bridgehead atoms. The predicted octanol–water partition coefficient (Wildman–Crippen LogP) is -3.67. The first kappa shape index (κ1) is 36.3. The van der Waals surface area contributed by atoms with Crippen molar-refractivity contribution in [2.75, 3.05) is 0 Å². The van der Waals surface area contributed by atoms with E-state index in [0.717, 1.165) is 0 Å². The van der Waals surface area contributed by atoms with Gasteiger partial charge in [-0.1, -0.05) is 0 Å². The normalized spacial score (nSPS) is 0. The van der Waals surface area contributed by atoms with Crippen molar-refractivity contribution in [3.63, 3.8) is 0 Å². The second-order valence-corrected chi connectivity index (χ2v) is 0. The fraction of sp³-hybridized carbons (Fsp3) is 0. The van der Waals surface area contributed by atoms with Gasteiger partial charge in [-0.25, -0.2) is 0 Å². The monoisotopic (exact) mass is 685 g/mol. The molecule has 0 N–H and O–H groups in total. The Morgan fingerprint density at radius 1 is 0.400 bits per heavy atom. The van der Waals surface area contributed by atoms with Gasteiger partial charge in [0.05, 0.1) is 0 Å². The van der Waals surface area contributed by atoms with Crippen molar-refractivity contribution < 1.29 is 22.4 Å². The molecule has 0 aliphatic carbocycles. The average molecular weight is 680 g/mol.